The third-order valence-corrected chi connectivity index (χ3v) is 4.08. The van der Waals surface area contributed by atoms with Crippen LogP contribution in [0.3, 0.4) is 0 Å². The molecule has 2 atom stereocenters. The van der Waals surface area contributed by atoms with Gasteiger partial charge in [-0.05, 0) is 52.1 Å². The molecule has 0 bridgehead atoms. The molecule has 4 nitrogen and oxygen atoms in total. The molecule has 4 heteroatoms. The Hall–Kier alpha value is -1.55. The Morgan fingerprint density at radius 1 is 1.36 bits per heavy atom. The number of nitrogens with zero attached hydrogens (tertiary/aromatic N) is 1. The second kappa shape index (κ2) is 7.14. The van der Waals surface area contributed by atoms with Crippen LogP contribution in [0.1, 0.15) is 45.7 Å². The average Bonchev–Trinajstić information content (AvgIpc) is 2.92. The standard InChI is InChI=1S/C18H28N2O2/c1-14(16-8-6-5-7-9-16)20-11-10-15(13-20)12-19-17(21)22-18(2,3)4/h5-9,14-15H,10-13H2,1-4H3,(H,19,21)/t14-,15?/m0/s1. The molecule has 1 aromatic rings. The second-order valence-corrected chi connectivity index (χ2v) is 7.12. The highest BCUT2D eigenvalue weighted by molar-refractivity contribution is 5.67. The summed E-state index contributed by atoms with van der Waals surface area (Å²) in [5.41, 5.74) is 0.913. The number of hydrogen-bond acceptors (Lipinski definition) is 3. The van der Waals surface area contributed by atoms with Crippen LogP contribution in [0, 0.1) is 5.92 Å². The fraction of sp³-hybridized carbons (Fsp3) is 0.611. The maximum atomic E-state index is 11.7. The lowest BCUT2D eigenvalue weighted by Gasteiger charge is -2.25. The second-order valence-electron chi connectivity index (χ2n) is 7.12. The summed E-state index contributed by atoms with van der Waals surface area (Å²) in [4.78, 5) is 14.2. The van der Waals surface area contributed by atoms with Gasteiger partial charge in [-0.2, -0.15) is 0 Å². The summed E-state index contributed by atoms with van der Waals surface area (Å²) in [6, 6.07) is 11.0. The molecular weight excluding hydrogens is 276 g/mol. The first-order chi connectivity index (χ1) is 10.3. The van der Waals surface area contributed by atoms with E-state index in [2.05, 4.69) is 41.4 Å². The van der Waals surface area contributed by atoms with Crippen LogP contribution in [0.4, 0.5) is 4.79 Å². The first-order valence-electron chi connectivity index (χ1n) is 8.11. The Labute approximate surface area is 133 Å². The molecule has 1 unspecified atom stereocenters. The van der Waals surface area contributed by atoms with E-state index in [4.69, 9.17) is 4.74 Å². The van der Waals surface area contributed by atoms with E-state index in [0.717, 1.165) is 19.5 Å². The van der Waals surface area contributed by atoms with Crippen molar-refractivity contribution in [2.45, 2.75) is 45.8 Å². The highest BCUT2D eigenvalue weighted by atomic mass is 16.6. The van der Waals surface area contributed by atoms with E-state index in [1.807, 2.05) is 26.8 Å². The van der Waals surface area contributed by atoms with Gasteiger partial charge in [0.25, 0.3) is 0 Å². The number of benzene rings is 1. The quantitative estimate of drug-likeness (QED) is 0.924. The smallest absolute Gasteiger partial charge is 0.407 e. The van der Waals surface area contributed by atoms with Crippen molar-refractivity contribution < 1.29 is 9.53 Å². The molecule has 2 rings (SSSR count). The van der Waals surface area contributed by atoms with Crippen LogP contribution in [0.25, 0.3) is 0 Å². The molecule has 0 spiro atoms. The fourth-order valence-corrected chi connectivity index (χ4v) is 2.87. The first kappa shape index (κ1) is 16.8. The number of rotatable bonds is 4. The minimum absolute atomic E-state index is 0.318. The Bertz CT molecular complexity index is 482. The van der Waals surface area contributed by atoms with Crippen LogP contribution in [0.5, 0.6) is 0 Å². The Kier molecular flexibility index (Phi) is 5.46. The molecule has 0 aromatic heterocycles. The van der Waals surface area contributed by atoms with Gasteiger partial charge in [0, 0.05) is 19.1 Å². The molecule has 1 aliphatic heterocycles. The van der Waals surface area contributed by atoms with Crippen LogP contribution in [0.2, 0.25) is 0 Å². The molecule has 1 heterocycles. The fourth-order valence-electron chi connectivity index (χ4n) is 2.87. The van der Waals surface area contributed by atoms with Crippen LogP contribution >= 0.6 is 0 Å². The predicted octanol–water partition coefficient (Wildman–Crippen LogP) is 3.59. The third kappa shape index (κ3) is 5.02. The molecule has 22 heavy (non-hydrogen) atoms. The number of amides is 1. The maximum absolute atomic E-state index is 11.7. The SMILES string of the molecule is C[C@@H](c1ccccc1)N1CCC(CNC(=O)OC(C)(C)C)C1. The van der Waals surface area contributed by atoms with Gasteiger partial charge >= 0.3 is 6.09 Å². The molecule has 1 aliphatic rings. The number of alkyl carbamates (subject to hydrolysis) is 1. The molecule has 1 amide bonds. The maximum Gasteiger partial charge on any atom is 0.407 e. The predicted molar refractivity (Wildman–Crippen MR) is 88.8 cm³/mol. The van der Waals surface area contributed by atoms with Gasteiger partial charge in [-0.3, -0.25) is 4.90 Å². The van der Waals surface area contributed by atoms with Gasteiger partial charge in [-0.1, -0.05) is 30.3 Å². The number of nitrogens with one attached hydrogen (secondary N) is 1. The normalized spacial score (nSPS) is 20.6. The molecule has 1 aromatic carbocycles. The Morgan fingerprint density at radius 2 is 2.05 bits per heavy atom. The van der Waals surface area contributed by atoms with Crippen molar-refractivity contribution in [2.24, 2.45) is 5.92 Å². The minimum atomic E-state index is -0.437. The molecule has 0 aliphatic carbocycles. The van der Waals surface area contributed by atoms with Crippen molar-refractivity contribution >= 4 is 6.09 Å². The van der Waals surface area contributed by atoms with Crippen LogP contribution in [-0.2, 0) is 4.74 Å². The largest absolute Gasteiger partial charge is 0.444 e. The van der Waals surface area contributed by atoms with Gasteiger partial charge in [0.15, 0.2) is 0 Å². The van der Waals surface area contributed by atoms with Crippen molar-refractivity contribution in [2.75, 3.05) is 19.6 Å². The minimum Gasteiger partial charge on any atom is -0.444 e. The van der Waals surface area contributed by atoms with E-state index in [1.54, 1.807) is 0 Å². The van der Waals surface area contributed by atoms with E-state index in [-0.39, 0.29) is 6.09 Å². The number of likely N-dealkylation sites (tertiary alicyclic amines) is 1. The lowest BCUT2D eigenvalue weighted by molar-refractivity contribution is 0.0519. The summed E-state index contributed by atoms with van der Waals surface area (Å²) in [5, 5.41) is 2.89. The van der Waals surface area contributed by atoms with E-state index >= 15 is 0 Å². The summed E-state index contributed by atoms with van der Waals surface area (Å²) in [6.07, 6.45) is 0.800. The number of carbonyl (C=O) groups is 1. The Balaban J connectivity index is 1.77. The highest BCUT2D eigenvalue weighted by Crippen LogP contribution is 2.26. The van der Waals surface area contributed by atoms with Crippen LogP contribution in [0.15, 0.2) is 30.3 Å². The number of carbonyl (C=O) groups excluding carboxylic acids is 1. The Morgan fingerprint density at radius 3 is 2.68 bits per heavy atom. The van der Waals surface area contributed by atoms with E-state index in [0.29, 0.717) is 18.5 Å². The molecule has 0 radical (unpaired) electrons. The van der Waals surface area contributed by atoms with Gasteiger partial charge in [0.05, 0.1) is 0 Å². The molecule has 1 saturated heterocycles. The molecular formula is C18H28N2O2. The lowest BCUT2D eigenvalue weighted by atomic mass is 10.1. The topological polar surface area (TPSA) is 41.6 Å². The number of hydrogen-bond donors (Lipinski definition) is 1. The van der Waals surface area contributed by atoms with Gasteiger partial charge in [-0.25, -0.2) is 4.79 Å². The molecule has 122 valence electrons. The van der Waals surface area contributed by atoms with Crippen molar-refractivity contribution in [3.63, 3.8) is 0 Å². The van der Waals surface area contributed by atoms with Crippen molar-refractivity contribution in [1.29, 1.82) is 0 Å². The molecule has 1 N–H and O–H groups in total. The zero-order valence-corrected chi connectivity index (χ0v) is 14.1. The molecule has 1 fully saturated rings. The van der Waals surface area contributed by atoms with E-state index in [1.165, 1.54) is 5.56 Å². The molecule has 0 saturated carbocycles. The van der Waals surface area contributed by atoms with E-state index < -0.39 is 5.60 Å². The van der Waals surface area contributed by atoms with Crippen molar-refractivity contribution in [3.8, 4) is 0 Å². The van der Waals surface area contributed by atoms with Crippen LogP contribution in [-0.4, -0.2) is 36.2 Å². The van der Waals surface area contributed by atoms with Crippen LogP contribution < -0.4 is 5.32 Å². The van der Waals surface area contributed by atoms with Crippen molar-refractivity contribution in [1.82, 2.24) is 10.2 Å². The third-order valence-electron chi connectivity index (χ3n) is 4.08. The van der Waals surface area contributed by atoms with Gasteiger partial charge in [0.1, 0.15) is 5.60 Å². The zero-order chi connectivity index (χ0) is 16.2. The summed E-state index contributed by atoms with van der Waals surface area (Å²) in [7, 11) is 0. The first-order valence-corrected chi connectivity index (χ1v) is 8.11. The summed E-state index contributed by atoms with van der Waals surface area (Å²) < 4.78 is 5.28. The highest BCUT2D eigenvalue weighted by Gasteiger charge is 2.27. The monoisotopic (exact) mass is 304 g/mol. The summed E-state index contributed by atoms with van der Waals surface area (Å²) in [6.45, 7) is 10.7. The summed E-state index contributed by atoms with van der Waals surface area (Å²) >= 11 is 0. The zero-order valence-electron chi connectivity index (χ0n) is 14.1. The van der Waals surface area contributed by atoms with E-state index in [9.17, 15) is 4.79 Å². The number of ether oxygens (including phenoxy) is 1. The lowest BCUT2D eigenvalue weighted by Crippen LogP contribution is -2.36. The van der Waals surface area contributed by atoms with Gasteiger partial charge in [-0.15, -0.1) is 0 Å². The van der Waals surface area contributed by atoms with Gasteiger partial charge in [0.2, 0.25) is 0 Å². The van der Waals surface area contributed by atoms with Crippen molar-refractivity contribution in [3.05, 3.63) is 35.9 Å². The van der Waals surface area contributed by atoms with Gasteiger partial charge < -0.3 is 10.1 Å². The average molecular weight is 304 g/mol. The summed E-state index contributed by atoms with van der Waals surface area (Å²) in [5.74, 6) is 0.499.